The Hall–Kier alpha value is -0.840. The lowest BCUT2D eigenvalue weighted by atomic mass is 9.90. The van der Waals surface area contributed by atoms with Gasteiger partial charge in [-0.3, -0.25) is 4.90 Å². The fourth-order valence-electron chi connectivity index (χ4n) is 2.48. The van der Waals surface area contributed by atoms with Crippen LogP contribution in [-0.4, -0.2) is 29.1 Å². The van der Waals surface area contributed by atoms with Crippen LogP contribution < -0.4 is 0 Å². The third kappa shape index (κ3) is 2.45. The minimum atomic E-state index is -1.33. The fraction of sp³-hybridized carbons (Fsp3) is 0.462. The molecule has 3 nitrogen and oxygen atoms in total. The number of nitrogens with zero attached hydrogens (tertiary/aromatic N) is 1. The van der Waals surface area contributed by atoms with Crippen molar-refractivity contribution in [2.45, 2.75) is 25.3 Å². The van der Waals surface area contributed by atoms with Crippen molar-refractivity contribution in [3.8, 4) is 0 Å². The molecule has 0 amide bonds. The van der Waals surface area contributed by atoms with Crippen molar-refractivity contribution >= 4 is 29.2 Å². The zero-order valence-corrected chi connectivity index (χ0v) is 11.9. The Bertz CT molecular complexity index is 518. The lowest BCUT2D eigenvalue weighted by molar-refractivity contribution is -0.150. The van der Waals surface area contributed by atoms with Crippen LogP contribution in [0.2, 0.25) is 10.0 Å². The molecule has 19 heavy (non-hydrogen) atoms. The van der Waals surface area contributed by atoms with E-state index in [9.17, 15) is 14.3 Å². The molecule has 1 atom stereocenters. The van der Waals surface area contributed by atoms with Gasteiger partial charge in [-0.1, -0.05) is 23.2 Å². The minimum absolute atomic E-state index is 0.108. The predicted molar refractivity (Wildman–Crippen MR) is 72.2 cm³/mol. The molecule has 6 heteroatoms. The van der Waals surface area contributed by atoms with Crippen molar-refractivity contribution < 1.29 is 14.3 Å². The van der Waals surface area contributed by atoms with Crippen LogP contribution in [0.1, 0.15) is 25.3 Å². The first-order valence-corrected chi connectivity index (χ1v) is 6.76. The molecule has 0 radical (unpaired) electrons. The number of carboxylic acids is 1. The van der Waals surface area contributed by atoms with Crippen molar-refractivity contribution in [1.29, 1.82) is 0 Å². The van der Waals surface area contributed by atoms with Crippen molar-refractivity contribution in [2.75, 3.05) is 13.1 Å². The standard InChI is InChI=1S/C13H14Cl2FNO2/c1-13(12(18)19,17-4-2-3-5-17)8-6-11(16)10(15)7-9(8)14/h6-7H,2-5H2,1H3,(H,18,19). The highest BCUT2D eigenvalue weighted by Crippen LogP contribution is 2.38. The number of aliphatic carboxylic acids is 1. The monoisotopic (exact) mass is 305 g/mol. The number of benzene rings is 1. The summed E-state index contributed by atoms with van der Waals surface area (Å²) in [7, 11) is 0. The van der Waals surface area contributed by atoms with Gasteiger partial charge < -0.3 is 5.11 Å². The second-order valence-electron chi connectivity index (χ2n) is 4.82. The van der Waals surface area contributed by atoms with Crippen LogP contribution in [0.15, 0.2) is 12.1 Å². The predicted octanol–water partition coefficient (Wildman–Crippen LogP) is 3.53. The zero-order chi connectivity index (χ0) is 14.2. The maximum Gasteiger partial charge on any atom is 0.328 e. The summed E-state index contributed by atoms with van der Waals surface area (Å²) in [5.41, 5.74) is -1.09. The molecule has 0 bridgehead atoms. The van der Waals surface area contributed by atoms with E-state index in [1.165, 1.54) is 6.07 Å². The topological polar surface area (TPSA) is 40.5 Å². The van der Waals surface area contributed by atoms with E-state index in [2.05, 4.69) is 0 Å². The van der Waals surface area contributed by atoms with Gasteiger partial charge in [0, 0.05) is 10.6 Å². The van der Waals surface area contributed by atoms with E-state index < -0.39 is 17.3 Å². The van der Waals surface area contributed by atoms with Crippen LogP contribution in [0.5, 0.6) is 0 Å². The van der Waals surface area contributed by atoms with Crippen molar-refractivity contribution in [2.24, 2.45) is 0 Å². The van der Waals surface area contributed by atoms with E-state index in [-0.39, 0.29) is 15.6 Å². The van der Waals surface area contributed by atoms with Gasteiger partial charge in [0.25, 0.3) is 0 Å². The Morgan fingerprint density at radius 2 is 1.89 bits per heavy atom. The lowest BCUT2D eigenvalue weighted by Crippen LogP contribution is -2.48. The molecule has 1 unspecified atom stereocenters. The molecule has 1 aromatic carbocycles. The van der Waals surface area contributed by atoms with Gasteiger partial charge in [0.05, 0.1) is 5.02 Å². The number of likely N-dealkylation sites (tertiary alicyclic amines) is 1. The molecule has 1 aliphatic heterocycles. The zero-order valence-electron chi connectivity index (χ0n) is 10.4. The number of carboxylic acid groups (broad SMARTS) is 1. The summed E-state index contributed by atoms with van der Waals surface area (Å²) < 4.78 is 13.6. The molecule has 1 saturated heterocycles. The molecular weight excluding hydrogens is 292 g/mol. The van der Waals surface area contributed by atoms with E-state index in [0.29, 0.717) is 13.1 Å². The van der Waals surface area contributed by atoms with Gasteiger partial charge in [0.1, 0.15) is 11.4 Å². The summed E-state index contributed by atoms with van der Waals surface area (Å²) in [5.74, 6) is -1.70. The number of hydrogen-bond donors (Lipinski definition) is 1. The molecule has 1 N–H and O–H groups in total. The summed E-state index contributed by atoms with van der Waals surface area (Å²) in [4.78, 5) is 13.5. The molecule has 0 spiro atoms. The first kappa shape index (κ1) is 14.6. The Morgan fingerprint density at radius 3 is 2.42 bits per heavy atom. The number of hydrogen-bond acceptors (Lipinski definition) is 2. The molecule has 0 aliphatic carbocycles. The average Bonchev–Trinajstić information content (AvgIpc) is 2.86. The maximum absolute atomic E-state index is 13.6. The van der Waals surface area contributed by atoms with E-state index in [1.54, 1.807) is 6.92 Å². The first-order valence-electron chi connectivity index (χ1n) is 6.01. The van der Waals surface area contributed by atoms with Crippen LogP contribution in [0.4, 0.5) is 4.39 Å². The third-order valence-electron chi connectivity index (χ3n) is 3.69. The number of carbonyl (C=O) groups is 1. The van der Waals surface area contributed by atoms with Crippen LogP contribution >= 0.6 is 23.2 Å². The molecular formula is C13H14Cl2FNO2. The summed E-state index contributed by atoms with van der Waals surface area (Å²) >= 11 is 11.7. The number of rotatable bonds is 3. The summed E-state index contributed by atoms with van der Waals surface area (Å²) in [6.45, 7) is 2.86. The summed E-state index contributed by atoms with van der Waals surface area (Å²) in [6, 6.07) is 2.38. The lowest BCUT2D eigenvalue weighted by Gasteiger charge is -2.35. The molecule has 0 aromatic heterocycles. The smallest absolute Gasteiger partial charge is 0.328 e. The third-order valence-corrected chi connectivity index (χ3v) is 4.29. The molecule has 1 aliphatic rings. The van der Waals surface area contributed by atoms with Gasteiger partial charge in [0.2, 0.25) is 0 Å². The molecule has 1 heterocycles. The van der Waals surface area contributed by atoms with Crippen LogP contribution in [0.25, 0.3) is 0 Å². The maximum atomic E-state index is 13.6. The first-order chi connectivity index (χ1) is 8.87. The van der Waals surface area contributed by atoms with E-state index >= 15 is 0 Å². The molecule has 1 fully saturated rings. The minimum Gasteiger partial charge on any atom is -0.480 e. The highest BCUT2D eigenvalue weighted by Gasteiger charge is 2.44. The average molecular weight is 306 g/mol. The van der Waals surface area contributed by atoms with Gasteiger partial charge in [-0.05, 0) is 45.0 Å². The molecule has 0 saturated carbocycles. The summed E-state index contributed by atoms with van der Waals surface area (Å²) in [6.07, 6.45) is 1.85. The summed E-state index contributed by atoms with van der Waals surface area (Å²) in [5, 5.41) is 9.64. The van der Waals surface area contributed by atoms with Gasteiger partial charge in [-0.2, -0.15) is 0 Å². The van der Waals surface area contributed by atoms with E-state index in [4.69, 9.17) is 23.2 Å². The molecule has 104 valence electrons. The Kier molecular flexibility index (Phi) is 4.04. The Balaban J connectivity index is 2.56. The van der Waals surface area contributed by atoms with Crippen molar-refractivity contribution in [3.63, 3.8) is 0 Å². The molecule has 2 rings (SSSR count). The van der Waals surface area contributed by atoms with E-state index in [1.807, 2.05) is 4.90 Å². The highest BCUT2D eigenvalue weighted by atomic mass is 35.5. The van der Waals surface area contributed by atoms with Crippen LogP contribution in [0, 0.1) is 5.82 Å². The number of halogens is 3. The Labute approximate surface area is 120 Å². The SMILES string of the molecule is CC(C(=O)O)(c1cc(F)c(Cl)cc1Cl)N1CCCC1. The highest BCUT2D eigenvalue weighted by molar-refractivity contribution is 6.35. The van der Waals surface area contributed by atoms with E-state index in [0.717, 1.165) is 18.9 Å². The quantitative estimate of drug-likeness (QED) is 0.869. The largest absolute Gasteiger partial charge is 0.480 e. The van der Waals surface area contributed by atoms with Crippen molar-refractivity contribution in [1.82, 2.24) is 4.90 Å². The normalized spacial score (nSPS) is 19.4. The van der Waals surface area contributed by atoms with Gasteiger partial charge in [-0.15, -0.1) is 0 Å². The van der Waals surface area contributed by atoms with Crippen LogP contribution in [0.3, 0.4) is 0 Å². The molecule has 1 aromatic rings. The second kappa shape index (κ2) is 5.27. The van der Waals surface area contributed by atoms with Gasteiger partial charge >= 0.3 is 5.97 Å². The van der Waals surface area contributed by atoms with Crippen LogP contribution in [-0.2, 0) is 10.3 Å². The van der Waals surface area contributed by atoms with Crippen molar-refractivity contribution in [3.05, 3.63) is 33.6 Å². The van der Waals surface area contributed by atoms with Gasteiger partial charge in [0.15, 0.2) is 0 Å². The fourth-order valence-corrected chi connectivity index (χ4v) is 3.05. The van der Waals surface area contributed by atoms with Gasteiger partial charge in [-0.25, -0.2) is 9.18 Å². The second-order valence-corrected chi connectivity index (χ2v) is 5.63. The Morgan fingerprint density at radius 1 is 1.32 bits per heavy atom.